The molecule has 0 aliphatic carbocycles. The van der Waals surface area contributed by atoms with Gasteiger partial charge < -0.3 is 9.47 Å². The Morgan fingerprint density at radius 3 is 1.47 bits per heavy atom. The van der Waals surface area contributed by atoms with Crippen LogP contribution in [0.2, 0.25) is 0 Å². The van der Waals surface area contributed by atoms with E-state index in [-0.39, 0.29) is 42.9 Å². The fourth-order valence-electron chi connectivity index (χ4n) is 1.45. The van der Waals surface area contributed by atoms with Crippen molar-refractivity contribution in [2.45, 2.75) is 66.1 Å². The summed E-state index contributed by atoms with van der Waals surface area (Å²) in [7, 11) is 0. The van der Waals surface area contributed by atoms with Gasteiger partial charge in [-0.15, -0.1) is 0 Å². The van der Waals surface area contributed by atoms with Gasteiger partial charge in [0.25, 0.3) is 0 Å². The molecule has 0 rings (SSSR count). The lowest BCUT2D eigenvalue weighted by Gasteiger charge is -2.15. The Hall–Kier alpha value is -1.06. The molecule has 0 N–H and O–H groups in total. The quantitative estimate of drug-likeness (QED) is 0.646. The van der Waals surface area contributed by atoms with Gasteiger partial charge in [0.15, 0.2) is 0 Å². The molecule has 4 heteroatoms. The van der Waals surface area contributed by atoms with Crippen molar-refractivity contribution in [3.8, 4) is 0 Å². The smallest absolute Gasteiger partial charge is 0.306 e. The zero-order chi connectivity index (χ0) is 13.4. The van der Waals surface area contributed by atoms with E-state index >= 15 is 0 Å². The predicted octanol–water partition coefficient (Wildman–Crippen LogP) is 2.70. The minimum Gasteiger partial charge on any atom is -0.463 e. The third kappa shape index (κ3) is 8.72. The first kappa shape index (κ1) is 15.9. The second kappa shape index (κ2) is 8.09. The highest BCUT2D eigenvalue weighted by molar-refractivity contribution is 5.73. The van der Waals surface area contributed by atoms with Crippen LogP contribution in [0, 0.1) is 5.92 Å². The Kier molecular flexibility index (Phi) is 7.59. The molecule has 0 heterocycles. The lowest BCUT2D eigenvalue weighted by Crippen LogP contribution is -2.20. The summed E-state index contributed by atoms with van der Waals surface area (Å²) in [5.74, 6) is -0.485. The molecule has 0 aliphatic heterocycles. The van der Waals surface area contributed by atoms with Gasteiger partial charge in [-0.1, -0.05) is 13.3 Å². The zero-order valence-corrected chi connectivity index (χ0v) is 11.5. The van der Waals surface area contributed by atoms with E-state index in [1.165, 1.54) is 0 Å². The number of hydrogen-bond donors (Lipinski definition) is 0. The number of rotatable bonds is 7. The summed E-state index contributed by atoms with van der Waals surface area (Å²) in [5, 5.41) is 0. The Labute approximate surface area is 104 Å². The zero-order valence-electron chi connectivity index (χ0n) is 11.5. The molecule has 0 aliphatic rings. The number of carbonyl (C=O) groups excluding carboxylic acids is 2. The van der Waals surface area contributed by atoms with Gasteiger partial charge in [0.05, 0.1) is 12.2 Å². The molecule has 0 aromatic heterocycles. The molecule has 0 unspecified atom stereocenters. The van der Waals surface area contributed by atoms with E-state index in [2.05, 4.69) is 0 Å². The monoisotopic (exact) mass is 244 g/mol. The maximum atomic E-state index is 11.5. The van der Waals surface area contributed by atoms with E-state index in [1.54, 1.807) is 0 Å². The van der Waals surface area contributed by atoms with Crippen molar-refractivity contribution in [3.05, 3.63) is 0 Å². The van der Waals surface area contributed by atoms with Gasteiger partial charge in [0.2, 0.25) is 0 Å². The van der Waals surface area contributed by atoms with Crippen molar-refractivity contribution in [2.75, 3.05) is 0 Å². The SMILES string of the molecule is CCC(CC(=O)OC(C)C)CC(=O)OC(C)C. The second-order valence-corrected chi connectivity index (χ2v) is 4.76. The van der Waals surface area contributed by atoms with Crippen LogP contribution >= 0.6 is 0 Å². The maximum Gasteiger partial charge on any atom is 0.306 e. The summed E-state index contributed by atoms with van der Waals surface area (Å²) in [4.78, 5) is 22.9. The molecule has 0 amide bonds. The largest absolute Gasteiger partial charge is 0.463 e. The molecule has 17 heavy (non-hydrogen) atoms. The lowest BCUT2D eigenvalue weighted by atomic mass is 9.98. The summed E-state index contributed by atoms with van der Waals surface area (Å²) < 4.78 is 10.1. The Morgan fingerprint density at radius 2 is 1.24 bits per heavy atom. The number of ether oxygens (including phenoxy) is 2. The van der Waals surface area contributed by atoms with Gasteiger partial charge in [0, 0.05) is 12.8 Å². The van der Waals surface area contributed by atoms with Crippen molar-refractivity contribution in [1.82, 2.24) is 0 Å². The van der Waals surface area contributed by atoms with E-state index in [4.69, 9.17) is 9.47 Å². The van der Waals surface area contributed by atoms with Crippen LogP contribution in [0.5, 0.6) is 0 Å². The normalized spacial score (nSPS) is 11.1. The highest BCUT2D eigenvalue weighted by Crippen LogP contribution is 2.16. The van der Waals surface area contributed by atoms with Crippen LogP contribution in [0.15, 0.2) is 0 Å². The van der Waals surface area contributed by atoms with E-state index in [9.17, 15) is 9.59 Å². The van der Waals surface area contributed by atoms with Crippen molar-refractivity contribution >= 4 is 11.9 Å². The molecule has 4 nitrogen and oxygen atoms in total. The van der Waals surface area contributed by atoms with Gasteiger partial charge in [-0.25, -0.2) is 0 Å². The summed E-state index contributed by atoms with van der Waals surface area (Å²) in [6.07, 6.45) is 1.11. The topological polar surface area (TPSA) is 52.6 Å². The summed E-state index contributed by atoms with van der Waals surface area (Å²) in [5.41, 5.74) is 0. The molecule has 0 bridgehead atoms. The predicted molar refractivity (Wildman–Crippen MR) is 65.5 cm³/mol. The van der Waals surface area contributed by atoms with Crippen molar-refractivity contribution in [3.63, 3.8) is 0 Å². The highest BCUT2D eigenvalue weighted by atomic mass is 16.5. The van der Waals surface area contributed by atoms with Crippen LogP contribution in [-0.4, -0.2) is 24.1 Å². The van der Waals surface area contributed by atoms with Crippen LogP contribution < -0.4 is 0 Å². The first-order valence-electron chi connectivity index (χ1n) is 6.24. The second-order valence-electron chi connectivity index (χ2n) is 4.76. The molecule has 0 atom stereocenters. The minimum absolute atomic E-state index is 0.00694. The average molecular weight is 244 g/mol. The lowest BCUT2D eigenvalue weighted by molar-refractivity contribution is -0.151. The maximum absolute atomic E-state index is 11.5. The first-order chi connectivity index (χ1) is 7.85. The highest BCUT2D eigenvalue weighted by Gasteiger charge is 2.19. The molecular formula is C13H24O4. The number of hydrogen-bond acceptors (Lipinski definition) is 4. The number of carbonyl (C=O) groups is 2. The fraction of sp³-hybridized carbons (Fsp3) is 0.846. The summed E-state index contributed by atoms with van der Waals surface area (Å²) in [6, 6.07) is 0. The van der Waals surface area contributed by atoms with E-state index in [0.29, 0.717) is 0 Å². The molecule has 0 fully saturated rings. The third-order valence-electron chi connectivity index (χ3n) is 2.22. The van der Waals surface area contributed by atoms with E-state index in [1.807, 2.05) is 34.6 Å². The molecule has 0 saturated heterocycles. The van der Waals surface area contributed by atoms with E-state index < -0.39 is 0 Å². The van der Waals surface area contributed by atoms with Crippen molar-refractivity contribution < 1.29 is 19.1 Å². The molecule has 0 saturated carbocycles. The van der Waals surface area contributed by atoms with Gasteiger partial charge in [-0.2, -0.15) is 0 Å². The van der Waals surface area contributed by atoms with Gasteiger partial charge >= 0.3 is 11.9 Å². The molecule has 0 aromatic carbocycles. The molecule has 0 spiro atoms. The van der Waals surface area contributed by atoms with E-state index in [0.717, 1.165) is 6.42 Å². The Bertz CT molecular complexity index is 222. The van der Waals surface area contributed by atoms with Gasteiger partial charge in [-0.3, -0.25) is 9.59 Å². The fourth-order valence-corrected chi connectivity index (χ4v) is 1.45. The van der Waals surface area contributed by atoms with Gasteiger partial charge in [0.1, 0.15) is 0 Å². The molecule has 100 valence electrons. The average Bonchev–Trinajstić information content (AvgIpc) is 2.13. The van der Waals surface area contributed by atoms with Gasteiger partial charge in [-0.05, 0) is 33.6 Å². The molecule has 0 aromatic rings. The summed E-state index contributed by atoms with van der Waals surface area (Å²) >= 11 is 0. The Balaban J connectivity index is 4.07. The molecule has 0 radical (unpaired) electrons. The van der Waals surface area contributed by atoms with Crippen LogP contribution in [0.1, 0.15) is 53.9 Å². The Morgan fingerprint density at radius 1 is 0.882 bits per heavy atom. The van der Waals surface area contributed by atoms with Crippen LogP contribution in [0.25, 0.3) is 0 Å². The summed E-state index contributed by atoms with van der Waals surface area (Å²) in [6.45, 7) is 9.20. The van der Waals surface area contributed by atoms with Crippen molar-refractivity contribution in [1.29, 1.82) is 0 Å². The van der Waals surface area contributed by atoms with Crippen LogP contribution in [0.3, 0.4) is 0 Å². The van der Waals surface area contributed by atoms with Crippen LogP contribution in [-0.2, 0) is 19.1 Å². The van der Waals surface area contributed by atoms with Crippen LogP contribution in [0.4, 0.5) is 0 Å². The van der Waals surface area contributed by atoms with Crippen molar-refractivity contribution in [2.24, 2.45) is 5.92 Å². The first-order valence-corrected chi connectivity index (χ1v) is 6.24. The minimum atomic E-state index is -0.246. The standard InChI is InChI=1S/C13H24O4/c1-6-11(7-12(14)16-9(2)3)8-13(15)17-10(4)5/h9-11H,6-8H2,1-5H3. The third-order valence-corrected chi connectivity index (χ3v) is 2.22. The molecular weight excluding hydrogens is 220 g/mol. The number of esters is 2.